The molecule has 1 heterocycles. The van der Waals surface area contributed by atoms with Crippen LogP contribution in [-0.4, -0.2) is 25.0 Å². The second-order valence-electron chi connectivity index (χ2n) is 6.26. The highest BCUT2D eigenvalue weighted by Gasteiger charge is 2.35. The number of carbonyl (C=O) groups excluding carboxylic acids is 1. The fourth-order valence-electron chi connectivity index (χ4n) is 3.28. The van der Waals surface area contributed by atoms with Crippen molar-refractivity contribution in [3.63, 3.8) is 0 Å². The largest absolute Gasteiger partial charge is 0.365 e. The first-order valence-electron chi connectivity index (χ1n) is 8.13. The van der Waals surface area contributed by atoms with Crippen LogP contribution in [0.4, 0.5) is 15.8 Å². The van der Waals surface area contributed by atoms with Crippen LogP contribution in [0.25, 0.3) is 0 Å². The zero-order chi connectivity index (χ0) is 15.8. The highest BCUT2D eigenvalue weighted by Crippen LogP contribution is 2.39. The molecular formula is C19H19FN2O. The van der Waals surface area contributed by atoms with Gasteiger partial charge in [0, 0.05) is 19.1 Å². The third-order valence-corrected chi connectivity index (χ3v) is 4.60. The molecule has 1 amide bonds. The number of nitrogens with zero attached hydrogens (tertiary/aromatic N) is 2. The molecular weight excluding hydrogens is 291 g/mol. The lowest BCUT2D eigenvalue weighted by Crippen LogP contribution is -2.45. The predicted molar refractivity (Wildman–Crippen MR) is 89.3 cm³/mol. The van der Waals surface area contributed by atoms with Crippen molar-refractivity contribution < 1.29 is 9.18 Å². The van der Waals surface area contributed by atoms with Crippen molar-refractivity contribution in [1.29, 1.82) is 0 Å². The third-order valence-electron chi connectivity index (χ3n) is 4.60. The lowest BCUT2D eigenvalue weighted by molar-refractivity contribution is -0.118. The maximum atomic E-state index is 13.0. The van der Waals surface area contributed by atoms with Gasteiger partial charge in [-0.15, -0.1) is 0 Å². The minimum Gasteiger partial charge on any atom is -0.365 e. The van der Waals surface area contributed by atoms with Crippen LogP contribution >= 0.6 is 0 Å². The molecule has 2 aromatic rings. The van der Waals surface area contributed by atoms with Gasteiger partial charge in [-0.1, -0.05) is 24.3 Å². The average Bonchev–Trinajstić information content (AvgIpc) is 3.41. The van der Waals surface area contributed by atoms with E-state index in [0.717, 1.165) is 23.5 Å². The van der Waals surface area contributed by atoms with Gasteiger partial charge in [0.25, 0.3) is 0 Å². The molecule has 3 nitrogen and oxygen atoms in total. The SMILES string of the molecule is O=C(Cc1ccc(F)cc1)N1CCN(C2CC2)c2ccccc21. The molecule has 1 saturated carbocycles. The number of anilines is 2. The van der Waals surface area contributed by atoms with Crippen LogP contribution in [0, 0.1) is 5.82 Å². The number of halogens is 1. The molecule has 0 unspecified atom stereocenters. The van der Waals surface area contributed by atoms with Crippen molar-refractivity contribution in [3.8, 4) is 0 Å². The molecule has 0 N–H and O–H groups in total. The fourth-order valence-corrected chi connectivity index (χ4v) is 3.28. The van der Waals surface area contributed by atoms with E-state index in [9.17, 15) is 9.18 Å². The van der Waals surface area contributed by atoms with Gasteiger partial charge in [-0.2, -0.15) is 0 Å². The van der Waals surface area contributed by atoms with Crippen LogP contribution in [0.2, 0.25) is 0 Å². The van der Waals surface area contributed by atoms with Crippen LogP contribution in [-0.2, 0) is 11.2 Å². The predicted octanol–water partition coefficient (Wildman–Crippen LogP) is 3.38. The van der Waals surface area contributed by atoms with E-state index >= 15 is 0 Å². The third kappa shape index (κ3) is 2.81. The van der Waals surface area contributed by atoms with Crippen molar-refractivity contribution in [2.45, 2.75) is 25.3 Å². The summed E-state index contributed by atoms with van der Waals surface area (Å²) < 4.78 is 13.0. The Bertz CT molecular complexity index is 724. The Kier molecular flexibility index (Phi) is 3.52. The van der Waals surface area contributed by atoms with Crippen LogP contribution in [0.3, 0.4) is 0 Å². The van der Waals surface area contributed by atoms with Crippen molar-refractivity contribution >= 4 is 17.3 Å². The normalized spacial score (nSPS) is 17.1. The monoisotopic (exact) mass is 310 g/mol. The summed E-state index contributed by atoms with van der Waals surface area (Å²) in [4.78, 5) is 17.0. The van der Waals surface area contributed by atoms with Gasteiger partial charge in [-0.05, 0) is 42.7 Å². The molecule has 1 aliphatic carbocycles. The van der Waals surface area contributed by atoms with E-state index in [1.165, 1.54) is 25.0 Å². The van der Waals surface area contributed by atoms with Gasteiger partial charge in [0.05, 0.1) is 17.8 Å². The van der Waals surface area contributed by atoms with E-state index < -0.39 is 0 Å². The minimum absolute atomic E-state index is 0.0690. The van der Waals surface area contributed by atoms with E-state index in [-0.39, 0.29) is 11.7 Å². The second-order valence-corrected chi connectivity index (χ2v) is 6.26. The van der Waals surface area contributed by atoms with Gasteiger partial charge in [-0.25, -0.2) is 4.39 Å². The molecule has 0 spiro atoms. The maximum absolute atomic E-state index is 13.0. The molecule has 1 fully saturated rings. The molecule has 118 valence electrons. The van der Waals surface area contributed by atoms with Crippen molar-refractivity contribution in [2.24, 2.45) is 0 Å². The summed E-state index contributed by atoms with van der Waals surface area (Å²) in [7, 11) is 0. The first kappa shape index (κ1) is 14.2. The molecule has 1 aliphatic heterocycles. The number of benzene rings is 2. The molecule has 0 aromatic heterocycles. The standard InChI is InChI=1S/C19H19FN2O/c20-15-7-5-14(6-8-15)13-19(23)22-12-11-21(16-9-10-16)17-3-1-2-4-18(17)22/h1-8,16H,9-13H2. The Labute approximate surface area is 135 Å². The molecule has 0 saturated heterocycles. The van der Waals surface area contributed by atoms with Gasteiger partial charge >= 0.3 is 0 Å². The van der Waals surface area contributed by atoms with E-state index in [4.69, 9.17) is 0 Å². The fraction of sp³-hybridized carbons (Fsp3) is 0.316. The summed E-state index contributed by atoms with van der Waals surface area (Å²) in [6.07, 6.45) is 2.80. The lowest BCUT2D eigenvalue weighted by atomic mass is 10.1. The summed E-state index contributed by atoms with van der Waals surface area (Å²) >= 11 is 0. The van der Waals surface area contributed by atoms with Gasteiger partial charge < -0.3 is 9.80 Å². The molecule has 2 aliphatic rings. The minimum atomic E-state index is -0.274. The van der Waals surface area contributed by atoms with Crippen LogP contribution in [0.15, 0.2) is 48.5 Å². The Balaban J connectivity index is 1.57. The summed E-state index contributed by atoms with van der Waals surface area (Å²) in [6, 6.07) is 14.9. The number of amides is 1. The van der Waals surface area contributed by atoms with Gasteiger partial charge in [-0.3, -0.25) is 4.79 Å². The van der Waals surface area contributed by atoms with E-state index in [1.807, 2.05) is 23.1 Å². The van der Waals surface area contributed by atoms with Gasteiger partial charge in [0.2, 0.25) is 5.91 Å². The van der Waals surface area contributed by atoms with Crippen LogP contribution in [0.5, 0.6) is 0 Å². The van der Waals surface area contributed by atoms with Gasteiger partial charge in [0.15, 0.2) is 0 Å². The molecule has 0 bridgehead atoms. The summed E-state index contributed by atoms with van der Waals surface area (Å²) in [6.45, 7) is 1.60. The van der Waals surface area contributed by atoms with Crippen LogP contribution < -0.4 is 9.80 Å². The quantitative estimate of drug-likeness (QED) is 0.867. The number of para-hydroxylation sites is 2. The molecule has 0 radical (unpaired) electrons. The smallest absolute Gasteiger partial charge is 0.231 e. The summed E-state index contributed by atoms with van der Waals surface area (Å²) in [5, 5.41) is 0. The summed E-state index contributed by atoms with van der Waals surface area (Å²) in [5.74, 6) is -0.205. The van der Waals surface area contributed by atoms with E-state index in [2.05, 4.69) is 11.0 Å². The Morgan fingerprint density at radius 3 is 2.39 bits per heavy atom. The van der Waals surface area contributed by atoms with Crippen molar-refractivity contribution in [2.75, 3.05) is 22.9 Å². The average molecular weight is 310 g/mol. The maximum Gasteiger partial charge on any atom is 0.231 e. The highest BCUT2D eigenvalue weighted by molar-refractivity contribution is 5.99. The Hall–Kier alpha value is -2.36. The number of fused-ring (bicyclic) bond motifs is 1. The number of hydrogen-bond acceptors (Lipinski definition) is 2. The number of hydrogen-bond donors (Lipinski definition) is 0. The molecule has 4 rings (SSSR count). The van der Waals surface area contributed by atoms with Crippen molar-refractivity contribution in [3.05, 3.63) is 59.9 Å². The number of rotatable bonds is 3. The summed E-state index contributed by atoms with van der Waals surface area (Å²) in [5.41, 5.74) is 3.00. The highest BCUT2D eigenvalue weighted by atomic mass is 19.1. The van der Waals surface area contributed by atoms with Crippen molar-refractivity contribution in [1.82, 2.24) is 0 Å². The first-order chi connectivity index (χ1) is 11.2. The zero-order valence-corrected chi connectivity index (χ0v) is 12.9. The Morgan fingerprint density at radius 2 is 1.70 bits per heavy atom. The topological polar surface area (TPSA) is 23.6 Å². The van der Waals surface area contributed by atoms with Gasteiger partial charge in [0.1, 0.15) is 5.82 Å². The zero-order valence-electron chi connectivity index (χ0n) is 12.9. The van der Waals surface area contributed by atoms with Crippen LogP contribution in [0.1, 0.15) is 18.4 Å². The molecule has 0 atom stereocenters. The molecule has 2 aromatic carbocycles. The van der Waals surface area contributed by atoms with E-state index in [0.29, 0.717) is 19.0 Å². The Morgan fingerprint density at radius 1 is 1.00 bits per heavy atom. The molecule has 4 heteroatoms. The second kappa shape index (κ2) is 5.69. The van der Waals surface area contributed by atoms with E-state index in [1.54, 1.807) is 12.1 Å². The lowest BCUT2D eigenvalue weighted by Gasteiger charge is -2.38. The molecule has 23 heavy (non-hydrogen) atoms. The first-order valence-corrected chi connectivity index (χ1v) is 8.13. The number of carbonyl (C=O) groups is 1.